The third-order valence-corrected chi connectivity index (χ3v) is 5.56. The van der Waals surface area contributed by atoms with Crippen LogP contribution in [0.5, 0.6) is 0 Å². The first-order valence-electron chi connectivity index (χ1n) is 4.81. The van der Waals surface area contributed by atoms with Gasteiger partial charge in [0.2, 0.25) is 0 Å². The quantitative estimate of drug-likeness (QED) is 0.884. The van der Waals surface area contributed by atoms with Crippen molar-refractivity contribution in [3.63, 3.8) is 0 Å². The number of nitrogens with one attached hydrogen (secondary N) is 1. The average molecular weight is 370 g/mol. The SMILES string of the molecule is CC(CNC(=O)c1cc(Br)c(Br)s1)N(C)C. The highest BCUT2D eigenvalue weighted by atomic mass is 79.9. The van der Waals surface area contributed by atoms with E-state index in [0.717, 1.165) is 8.26 Å². The minimum Gasteiger partial charge on any atom is -0.350 e. The number of rotatable bonds is 4. The first-order chi connectivity index (χ1) is 7.41. The number of nitrogens with zero attached hydrogens (tertiary/aromatic N) is 1. The minimum atomic E-state index is -0.0231. The summed E-state index contributed by atoms with van der Waals surface area (Å²) in [5.74, 6) is -0.0231. The van der Waals surface area contributed by atoms with Gasteiger partial charge < -0.3 is 10.2 Å². The number of hydrogen-bond donors (Lipinski definition) is 1. The van der Waals surface area contributed by atoms with E-state index >= 15 is 0 Å². The van der Waals surface area contributed by atoms with Gasteiger partial charge in [-0.2, -0.15) is 0 Å². The van der Waals surface area contributed by atoms with E-state index in [-0.39, 0.29) is 5.91 Å². The van der Waals surface area contributed by atoms with E-state index < -0.39 is 0 Å². The number of carbonyl (C=O) groups excluding carboxylic acids is 1. The van der Waals surface area contributed by atoms with Crippen molar-refractivity contribution in [3.8, 4) is 0 Å². The molecule has 1 aromatic heterocycles. The summed E-state index contributed by atoms with van der Waals surface area (Å²) < 4.78 is 1.86. The van der Waals surface area contributed by atoms with Gasteiger partial charge in [-0.1, -0.05) is 0 Å². The summed E-state index contributed by atoms with van der Waals surface area (Å²) in [6, 6.07) is 2.15. The van der Waals surface area contributed by atoms with Crippen LogP contribution in [-0.2, 0) is 0 Å². The molecule has 1 atom stereocenters. The van der Waals surface area contributed by atoms with Crippen molar-refractivity contribution in [3.05, 3.63) is 19.2 Å². The Morgan fingerprint density at radius 1 is 1.56 bits per heavy atom. The molecule has 0 aliphatic carbocycles. The highest BCUT2D eigenvalue weighted by Gasteiger charge is 2.13. The summed E-state index contributed by atoms with van der Waals surface area (Å²) >= 11 is 8.16. The van der Waals surface area contributed by atoms with Crippen LogP contribution in [0.25, 0.3) is 0 Å². The molecule has 0 aliphatic rings. The van der Waals surface area contributed by atoms with Crippen LogP contribution < -0.4 is 5.32 Å². The molecule has 0 spiro atoms. The lowest BCUT2D eigenvalue weighted by molar-refractivity contribution is 0.0947. The Balaban J connectivity index is 2.53. The van der Waals surface area contributed by atoms with Crippen LogP contribution in [0.1, 0.15) is 16.6 Å². The molecule has 90 valence electrons. The molecule has 0 fully saturated rings. The van der Waals surface area contributed by atoms with Crippen LogP contribution in [-0.4, -0.2) is 37.5 Å². The van der Waals surface area contributed by atoms with Crippen molar-refractivity contribution in [2.24, 2.45) is 0 Å². The summed E-state index contributed by atoms with van der Waals surface area (Å²) in [6.45, 7) is 2.72. The molecular formula is C10H14Br2N2OS. The summed E-state index contributed by atoms with van der Waals surface area (Å²) in [6.07, 6.45) is 0. The van der Waals surface area contributed by atoms with Gasteiger partial charge >= 0.3 is 0 Å². The minimum absolute atomic E-state index is 0.0231. The summed E-state index contributed by atoms with van der Waals surface area (Å²) in [5.41, 5.74) is 0. The van der Waals surface area contributed by atoms with Gasteiger partial charge in [0.1, 0.15) is 0 Å². The summed E-state index contributed by atoms with van der Waals surface area (Å²) in [7, 11) is 3.99. The summed E-state index contributed by atoms with van der Waals surface area (Å²) in [4.78, 5) is 14.6. The van der Waals surface area contributed by atoms with Gasteiger partial charge in [-0.05, 0) is 58.9 Å². The molecule has 1 rings (SSSR count). The predicted octanol–water partition coefficient (Wildman–Crippen LogP) is 2.95. The van der Waals surface area contributed by atoms with E-state index in [0.29, 0.717) is 17.5 Å². The molecule has 1 aromatic rings. The Labute approximate surface area is 116 Å². The van der Waals surface area contributed by atoms with E-state index in [9.17, 15) is 4.79 Å². The van der Waals surface area contributed by atoms with Gasteiger partial charge in [0, 0.05) is 17.1 Å². The Bertz CT molecular complexity index is 359. The van der Waals surface area contributed by atoms with Crippen LogP contribution >= 0.6 is 43.2 Å². The van der Waals surface area contributed by atoms with Crippen molar-refractivity contribution >= 4 is 49.1 Å². The second-order valence-corrected chi connectivity index (χ2v) is 6.98. The molecule has 0 aliphatic heterocycles. The third-order valence-electron chi connectivity index (χ3n) is 2.31. The molecule has 1 N–H and O–H groups in total. The number of halogens is 2. The number of carbonyl (C=O) groups is 1. The number of hydrogen-bond acceptors (Lipinski definition) is 3. The zero-order valence-corrected chi connectivity index (χ0v) is 13.4. The van der Waals surface area contributed by atoms with E-state index in [2.05, 4.69) is 49.0 Å². The average Bonchev–Trinajstić information content (AvgIpc) is 2.55. The summed E-state index contributed by atoms with van der Waals surface area (Å²) in [5, 5.41) is 2.91. The first kappa shape index (κ1) is 14.2. The van der Waals surface area contributed by atoms with Crippen molar-refractivity contribution in [1.82, 2.24) is 10.2 Å². The lowest BCUT2D eigenvalue weighted by Crippen LogP contribution is -2.37. The van der Waals surface area contributed by atoms with Crippen molar-refractivity contribution in [1.29, 1.82) is 0 Å². The fourth-order valence-corrected chi connectivity index (χ4v) is 2.92. The predicted molar refractivity (Wildman–Crippen MR) is 75.2 cm³/mol. The Kier molecular flexibility index (Phi) is 5.43. The maximum absolute atomic E-state index is 11.8. The highest BCUT2D eigenvalue weighted by molar-refractivity contribution is 9.13. The van der Waals surface area contributed by atoms with Crippen molar-refractivity contribution in [2.75, 3.05) is 20.6 Å². The largest absolute Gasteiger partial charge is 0.350 e. The molecule has 0 aromatic carbocycles. The van der Waals surface area contributed by atoms with Crippen LogP contribution in [0.15, 0.2) is 14.3 Å². The highest BCUT2D eigenvalue weighted by Crippen LogP contribution is 2.32. The molecular weight excluding hydrogens is 356 g/mol. The van der Waals surface area contributed by atoms with E-state index in [1.165, 1.54) is 11.3 Å². The molecule has 6 heteroatoms. The van der Waals surface area contributed by atoms with Crippen LogP contribution in [0.2, 0.25) is 0 Å². The zero-order chi connectivity index (χ0) is 12.3. The molecule has 0 saturated carbocycles. The van der Waals surface area contributed by atoms with Crippen LogP contribution in [0.3, 0.4) is 0 Å². The molecule has 1 amide bonds. The lowest BCUT2D eigenvalue weighted by Gasteiger charge is -2.19. The molecule has 0 bridgehead atoms. The van der Waals surface area contributed by atoms with E-state index in [1.54, 1.807) is 0 Å². The normalized spacial score (nSPS) is 12.9. The fourth-order valence-electron chi connectivity index (χ4n) is 0.969. The molecule has 1 heterocycles. The van der Waals surface area contributed by atoms with Gasteiger partial charge in [0.05, 0.1) is 8.66 Å². The number of amides is 1. The monoisotopic (exact) mass is 368 g/mol. The van der Waals surface area contributed by atoms with E-state index in [4.69, 9.17) is 0 Å². The maximum Gasteiger partial charge on any atom is 0.261 e. The van der Waals surface area contributed by atoms with Crippen LogP contribution in [0.4, 0.5) is 0 Å². The molecule has 3 nitrogen and oxygen atoms in total. The fraction of sp³-hybridized carbons (Fsp3) is 0.500. The lowest BCUT2D eigenvalue weighted by atomic mass is 10.3. The van der Waals surface area contributed by atoms with Gasteiger partial charge in [-0.25, -0.2) is 0 Å². The van der Waals surface area contributed by atoms with Gasteiger partial charge in [0.15, 0.2) is 0 Å². The molecule has 0 radical (unpaired) electrons. The second kappa shape index (κ2) is 6.14. The second-order valence-electron chi connectivity index (χ2n) is 3.75. The van der Waals surface area contributed by atoms with Gasteiger partial charge in [0.25, 0.3) is 5.91 Å². The molecule has 16 heavy (non-hydrogen) atoms. The zero-order valence-electron chi connectivity index (χ0n) is 9.38. The van der Waals surface area contributed by atoms with Crippen molar-refractivity contribution in [2.45, 2.75) is 13.0 Å². The van der Waals surface area contributed by atoms with E-state index in [1.807, 2.05) is 20.2 Å². The Morgan fingerprint density at radius 2 is 2.19 bits per heavy atom. The standard InChI is InChI=1S/C10H14Br2N2OS/c1-6(14(2)3)5-13-10(15)8-4-7(11)9(12)16-8/h4,6H,5H2,1-3H3,(H,13,15). The van der Waals surface area contributed by atoms with Gasteiger partial charge in [-0.15, -0.1) is 11.3 Å². The van der Waals surface area contributed by atoms with Crippen molar-refractivity contribution < 1.29 is 4.79 Å². The van der Waals surface area contributed by atoms with Gasteiger partial charge in [-0.3, -0.25) is 4.79 Å². The molecule has 1 unspecified atom stereocenters. The Morgan fingerprint density at radius 3 is 2.62 bits per heavy atom. The topological polar surface area (TPSA) is 32.3 Å². The number of thiophene rings is 1. The third kappa shape index (κ3) is 3.84. The van der Waals surface area contributed by atoms with Crippen LogP contribution in [0, 0.1) is 0 Å². The first-order valence-corrected chi connectivity index (χ1v) is 7.21. The molecule has 0 saturated heterocycles. The Hall–Kier alpha value is 0.0900. The smallest absolute Gasteiger partial charge is 0.261 e. The maximum atomic E-state index is 11.8. The number of likely N-dealkylation sites (N-methyl/N-ethyl adjacent to an activating group) is 1.